The fourth-order valence-electron chi connectivity index (χ4n) is 8.63. The van der Waals surface area contributed by atoms with E-state index in [9.17, 15) is 19.8 Å². The van der Waals surface area contributed by atoms with Gasteiger partial charge in [0, 0.05) is 12.8 Å². The quantitative estimate of drug-likeness (QED) is 0.0321. The van der Waals surface area contributed by atoms with Crippen molar-refractivity contribution >= 4 is 11.9 Å². The van der Waals surface area contributed by atoms with E-state index in [1.807, 2.05) is 0 Å². The molecule has 6 heteroatoms. The number of carbonyl (C=O) groups is 2. The number of amides is 1. The molecule has 0 aliphatic rings. The van der Waals surface area contributed by atoms with E-state index in [-0.39, 0.29) is 18.5 Å². The van der Waals surface area contributed by atoms with E-state index in [1.165, 1.54) is 193 Å². The summed E-state index contributed by atoms with van der Waals surface area (Å²) >= 11 is 0. The van der Waals surface area contributed by atoms with E-state index in [0.29, 0.717) is 25.9 Å². The second kappa shape index (κ2) is 55.4. The van der Waals surface area contributed by atoms with Gasteiger partial charge in [-0.15, -0.1) is 0 Å². The van der Waals surface area contributed by atoms with Gasteiger partial charge < -0.3 is 20.3 Å². The Morgan fingerprint density at radius 3 is 1.20 bits per heavy atom. The molecule has 0 bridgehead atoms. The molecule has 6 nitrogen and oxygen atoms in total. The summed E-state index contributed by atoms with van der Waals surface area (Å²) in [5, 5.41) is 23.2. The van der Waals surface area contributed by atoms with E-state index in [1.54, 1.807) is 0 Å². The van der Waals surface area contributed by atoms with Crippen LogP contribution in [0.5, 0.6) is 0 Å². The van der Waals surface area contributed by atoms with Gasteiger partial charge in [-0.25, -0.2) is 0 Å². The Morgan fingerprint density at radius 1 is 0.424 bits per heavy atom. The third-order valence-electron chi connectivity index (χ3n) is 13.1. The maximum absolute atomic E-state index is 12.4. The Morgan fingerprint density at radius 2 is 0.773 bits per heavy atom. The van der Waals surface area contributed by atoms with Crippen LogP contribution in [0, 0.1) is 0 Å². The van der Waals surface area contributed by atoms with E-state index in [4.69, 9.17) is 4.74 Å². The number of unbranched alkanes of at least 4 members (excludes halogenated alkanes) is 34. The second-order valence-electron chi connectivity index (χ2n) is 19.6. The molecule has 3 N–H and O–H groups in total. The maximum atomic E-state index is 12.4. The molecule has 0 spiro atoms. The first kappa shape index (κ1) is 63.8. The van der Waals surface area contributed by atoms with Crippen molar-refractivity contribution in [3.05, 3.63) is 48.6 Å². The number of ether oxygens (including phenoxy) is 1. The average molecular weight is 927 g/mol. The highest BCUT2D eigenvalue weighted by Crippen LogP contribution is 2.16. The van der Waals surface area contributed by atoms with Crippen LogP contribution in [0.15, 0.2) is 48.6 Å². The molecular formula is C60H111NO5. The van der Waals surface area contributed by atoms with Gasteiger partial charge in [0.05, 0.1) is 25.4 Å². The molecule has 2 unspecified atom stereocenters. The number of nitrogens with one attached hydrogen (secondary N) is 1. The van der Waals surface area contributed by atoms with Gasteiger partial charge in [-0.3, -0.25) is 9.59 Å². The van der Waals surface area contributed by atoms with Crippen LogP contribution in [0.25, 0.3) is 0 Å². The van der Waals surface area contributed by atoms with Crippen LogP contribution in [0.2, 0.25) is 0 Å². The van der Waals surface area contributed by atoms with Gasteiger partial charge in [0.2, 0.25) is 5.91 Å². The molecule has 0 fully saturated rings. The van der Waals surface area contributed by atoms with Gasteiger partial charge in [0.1, 0.15) is 0 Å². The summed E-state index contributed by atoms with van der Waals surface area (Å²) < 4.78 is 5.46. The Bertz CT molecular complexity index is 1110. The van der Waals surface area contributed by atoms with Crippen molar-refractivity contribution < 1.29 is 24.5 Å². The molecule has 0 saturated carbocycles. The van der Waals surface area contributed by atoms with Gasteiger partial charge in [-0.05, 0) is 83.5 Å². The summed E-state index contributed by atoms with van der Waals surface area (Å²) in [6.45, 7) is 4.89. The van der Waals surface area contributed by atoms with Gasteiger partial charge in [0.25, 0.3) is 0 Å². The number of allylic oxidation sites excluding steroid dienone is 8. The molecule has 0 aromatic rings. The smallest absolute Gasteiger partial charge is 0.305 e. The highest BCUT2D eigenvalue weighted by atomic mass is 16.5. The minimum absolute atomic E-state index is 0.00817. The summed E-state index contributed by atoms with van der Waals surface area (Å²) in [5.41, 5.74) is 0. The van der Waals surface area contributed by atoms with Crippen molar-refractivity contribution in [1.82, 2.24) is 5.32 Å². The normalized spacial score (nSPS) is 13.0. The number of hydrogen-bond acceptors (Lipinski definition) is 5. The number of hydrogen-bond donors (Lipinski definition) is 3. The van der Waals surface area contributed by atoms with Crippen molar-refractivity contribution in [1.29, 1.82) is 0 Å². The zero-order valence-corrected chi connectivity index (χ0v) is 43.9. The third kappa shape index (κ3) is 51.2. The largest absolute Gasteiger partial charge is 0.466 e. The number of carbonyl (C=O) groups excluding carboxylic acids is 2. The third-order valence-corrected chi connectivity index (χ3v) is 13.1. The molecule has 386 valence electrons. The molecule has 0 saturated heterocycles. The first-order chi connectivity index (χ1) is 32.5. The molecule has 1 amide bonds. The van der Waals surface area contributed by atoms with Crippen molar-refractivity contribution in [2.24, 2.45) is 0 Å². The van der Waals surface area contributed by atoms with Crippen LogP contribution in [-0.4, -0.2) is 47.4 Å². The first-order valence-corrected chi connectivity index (χ1v) is 28.9. The number of aliphatic hydroxyl groups is 2. The molecule has 0 aromatic heterocycles. The van der Waals surface area contributed by atoms with Crippen molar-refractivity contribution in [3.63, 3.8) is 0 Å². The zero-order valence-electron chi connectivity index (χ0n) is 43.9. The van der Waals surface area contributed by atoms with E-state index < -0.39 is 12.1 Å². The highest BCUT2D eigenvalue weighted by molar-refractivity contribution is 5.76. The Balaban J connectivity index is 3.45. The average Bonchev–Trinajstić information content (AvgIpc) is 3.32. The fraction of sp³-hybridized carbons (Fsp3) is 0.833. The standard InChI is InChI=1S/C60H111NO5/c1-3-5-7-9-11-13-15-17-30-34-38-42-46-50-54-60(65)66-55-51-47-43-39-35-31-28-26-24-22-20-18-19-21-23-25-27-29-33-37-41-45-49-53-59(64)61-57(56-62)58(63)52-48-44-40-36-32-16-14-12-10-8-6-4-2/h9,11,15,17-18,20-21,23,57-58,62-63H,3-8,10,12-14,16,19,22,24-56H2,1-2H3,(H,61,64)/b11-9-,17-15-,20-18-,23-21-. The molecule has 0 aliphatic carbocycles. The number of aliphatic hydroxyl groups excluding tert-OH is 2. The SMILES string of the molecule is CCCC/C=C\C/C=C\CCCCCCCC(=O)OCCCCCCCCCCC/C=C\C/C=C\CCCCCCCCCC(=O)NC(CO)C(O)CCCCCCCCCCCCCC. The predicted octanol–water partition coefficient (Wildman–Crippen LogP) is 17.8. The van der Waals surface area contributed by atoms with Crippen LogP contribution in [0.4, 0.5) is 0 Å². The summed E-state index contributed by atoms with van der Waals surface area (Å²) in [6, 6.07) is -0.549. The minimum atomic E-state index is -0.670. The molecule has 2 atom stereocenters. The minimum Gasteiger partial charge on any atom is -0.466 e. The van der Waals surface area contributed by atoms with Crippen molar-refractivity contribution in [3.8, 4) is 0 Å². The first-order valence-electron chi connectivity index (χ1n) is 28.9. The monoisotopic (exact) mass is 926 g/mol. The fourth-order valence-corrected chi connectivity index (χ4v) is 8.63. The number of esters is 1. The van der Waals surface area contributed by atoms with E-state index >= 15 is 0 Å². The molecule has 0 radical (unpaired) electrons. The number of rotatable bonds is 53. The van der Waals surface area contributed by atoms with Crippen molar-refractivity contribution in [2.45, 2.75) is 309 Å². The van der Waals surface area contributed by atoms with Crippen LogP contribution in [0.3, 0.4) is 0 Å². The Hall–Kier alpha value is -2.18. The summed E-state index contributed by atoms with van der Waals surface area (Å²) in [5.74, 6) is -0.0548. The summed E-state index contributed by atoms with van der Waals surface area (Å²) in [4.78, 5) is 24.5. The predicted molar refractivity (Wildman–Crippen MR) is 287 cm³/mol. The lowest BCUT2D eigenvalue weighted by Crippen LogP contribution is -2.45. The lowest BCUT2D eigenvalue weighted by molar-refractivity contribution is -0.143. The Labute approximate surface area is 410 Å². The highest BCUT2D eigenvalue weighted by Gasteiger charge is 2.20. The molecule has 66 heavy (non-hydrogen) atoms. The maximum Gasteiger partial charge on any atom is 0.305 e. The lowest BCUT2D eigenvalue weighted by atomic mass is 10.0. The topological polar surface area (TPSA) is 95.9 Å². The molecule has 0 rings (SSSR count). The lowest BCUT2D eigenvalue weighted by Gasteiger charge is -2.22. The van der Waals surface area contributed by atoms with Crippen molar-refractivity contribution in [2.75, 3.05) is 13.2 Å². The van der Waals surface area contributed by atoms with Crippen LogP contribution < -0.4 is 5.32 Å². The summed E-state index contributed by atoms with van der Waals surface area (Å²) in [6.07, 6.45) is 69.6. The van der Waals surface area contributed by atoms with Crippen LogP contribution in [0.1, 0.15) is 296 Å². The second-order valence-corrected chi connectivity index (χ2v) is 19.6. The molecular weight excluding hydrogens is 815 g/mol. The molecule has 0 heterocycles. The molecule has 0 aromatic carbocycles. The van der Waals surface area contributed by atoms with Crippen LogP contribution >= 0.6 is 0 Å². The van der Waals surface area contributed by atoms with Crippen LogP contribution in [-0.2, 0) is 14.3 Å². The van der Waals surface area contributed by atoms with Gasteiger partial charge in [0.15, 0.2) is 0 Å². The summed E-state index contributed by atoms with van der Waals surface area (Å²) in [7, 11) is 0. The Kier molecular flexibility index (Phi) is 53.6. The van der Waals surface area contributed by atoms with Gasteiger partial charge >= 0.3 is 5.97 Å². The van der Waals surface area contributed by atoms with E-state index in [2.05, 4.69) is 67.8 Å². The van der Waals surface area contributed by atoms with E-state index in [0.717, 1.165) is 70.6 Å². The molecule has 0 aliphatic heterocycles. The van der Waals surface area contributed by atoms with Gasteiger partial charge in [-0.1, -0.05) is 249 Å². The zero-order chi connectivity index (χ0) is 47.9. The van der Waals surface area contributed by atoms with Gasteiger partial charge in [-0.2, -0.15) is 0 Å².